The molecule has 9 rings (SSSR count). The van der Waals surface area contributed by atoms with Crippen molar-refractivity contribution in [2.45, 2.75) is 19.3 Å². The summed E-state index contributed by atoms with van der Waals surface area (Å²) >= 11 is 0. The number of hydrogen-bond donors (Lipinski definition) is 0. The van der Waals surface area contributed by atoms with Crippen LogP contribution in [-0.2, 0) is 6.42 Å². The third-order valence-corrected chi connectivity index (χ3v) is 9.00. The molecule has 0 spiro atoms. The molecule has 0 bridgehead atoms. The Morgan fingerprint density at radius 2 is 1.70 bits per heavy atom. The molecule has 0 fully saturated rings. The fourth-order valence-corrected chi connectivity index (χ4v) is 7.52. The van der Waals surface area contributed by atoms with Crippen molar-refractivity contribution in [1.82, 2.24) is 0 Å². The Morgan fingerprint density at radius 1 is 0.784 bits per heavy atom. The van der Waals surface area contributed by atoms with E-state index in [1.54, 1.807) is 0 Å². The molecule has 4 aromatic carbocycles. The van der Waals surface area contributed by atoms with Gasteiger partial charge in [0.25, 0.3) is 0 Å². The number of anilines is 3. The summed E-state index contributed by atoms with van der Waals surface area (Å²) in [5.74, 6) is 0.388. The molecule has 0 amide bonds. The Balaban J connectivity index is 1.31. The molecule has 1 atom stereocenters. The van der Waals surface area contributed by atoms with Gasteiger partial charge in [0.15, 0.2) is 0 Å². The monoisotopic (exact) mass is 469 g/mol. The summed E-state index contributed by atoms with van der Waals surface area (Å²) in [5.41, 5.74) is 19.4. The number of rotatable bonds is 1. The zero-order valence-corrected chi connectivity index (χ0v) is 20.7. The van der Waals surface area contributed by atoms with Gasteiger partial charge < -0.3 is 4.90 Å². The standard InChI is InChI=1S/C35H24BN/c1-21-12-17-31-30(18-21)36-29-10-3-2-8-27(29)28-9-5-11-32(35(28)36)37(31)26-19-24-15-13-22-6-4-7-23-14-16-25(20-26)34(24)33(22)23/h2-15,17-20,33H,16H2,1H3. The second-order valence-electron chi connectivity index (χ2n) is 11.0. The molecule has 37 heavy (non-hydrogen) atoms. The third-order valence-electron chi connectivity index (χ3n) is 9.00. The van der Waals surface area contributed by atoms with E-state index in [2.05, 4.69) is 121 Å². The summed E-state index contributed by atoms with van der Waals surface area (Å²) in [6, 6.07) is 27.8. The molecule has 2 aliphatic heterocycles. The smallest absolute Gasteiger partial charge is 0.248 e. The highest BCUT2D eigenvalue weighted by atomic mass is 15.2. The summed E-state index contributed by atoms with van der Waals surface area (Å²) in [6.07, 6.45) is 14.8. The van der Waals surface area contributed by atoms with Crippen molar-refractivity contribution in [3.63, 3.8) is 0 Å². The predicted molar refractivity (Wildman–Crippen MR) is 157 cm³/mol. The molecule has 0 saturated heterocycles. The maximum absolute atomic E-state index is 2.53. The van der Waals surface area contributed by atoms with Gasteiger partial charge in [0.05, 0.1) is 0 Å². The minimum Gasteiger partial charge on any atom is -0.311 e. The van der Waals surface area contributed by atoms with Gasteiger partial charge in [0.2, 0.25) is 6.71 Å². The molecular weight excluding hydrogens is 445 g/mol. The maximum Gasteiger partial charge on any atom is 0.248 e. The van der Waals surface area contributed by atoms with Crippen LogP contribution in [0.5, 0.6) is 0 Å². The van der Waals surface area contributed by atoms with Crippen LogP contribution in [-0.4, -0.2) is 6.71 Å². The molecule has 4 aromatic rings. The summed E-state index contributed by atoms with van der Waals surface area (Å²) in [5, 5.41) is 0. The van der Waals surface area contributed by atoms with Crippen molar-refractivity contribution in [3.8, 4) is 11.1 Å². The zero-order valence-electron chi connectivity index (χ0n) is 20.7. The van der Waals surface area contributed by atoms with Gasteiger partial charge in [0, 0.05) is 23.0 Å². The molecule has 0 radical (unpaired) electrons. The zero-order chi connectivity index (χ0) is 24.2. The number of aryl methyl sites for hydroxylation is 1. The summed E-state index contributed by atoms with van der Waals surface area (Å²) in [7, 11) is 0. The summed E-state index contributed by atoms with van der Waals surface area (Å²) < 4.78 is 0. The van der Waals surface area contributed by atoms with E-state index in [1.165, 1.54) is 78.0 Å². The van der Waals surface area contributed by atoms with E-state index in [4.69, 9.17) is 0 Å². The molecule has 172 valence electrons. The van der Waals surface area contributed by atoms with Gasteiger partial charge in [-0.2, -0.15) is 0 Å². The highest BCUT2D eigenvalue weighted by Crippen LogP contribution is 2.49. The first kappa shape index (κ1) is 19.8. The Morgan fingerprint density at radius 3 is 2.68 bits per heavy atom. The summed E-state index contributed by atoms with van der Waals surface area (Å²) in [6.45, 7) is 2.51. The van der Waals surface area contributed by atoms with Gasteiger partial charge in [0.1, 0.15) is 0 Å². The lowest BCUT2D eigenvalue weighted by atomic mass is 9.37. The predicted octanol–water partition coefficient (Wildman–Crippen LogP) is 6.36. The van der Waals surface area contributed by atoms with Crippen LogP contribution in [0.2, 0.25) is 0 Å². The normalized spacial score (nSPS) is 18.6. The Kier molecular flexibility index (Phi) is 3.71. The largest absolute Gasteiger partial charge is 0.311 e. The van der Waals surface area contributed by atoms with Crippen LogP contribution in [0.1, 0.15) is 28.2 Å². The first-order chi connectivity index (χ1) is 18.3. The number of fused-ring (bicyclic) bond motifs is 5. The van der Waals surface area contributed by atoms with Gasteiger partial charge in [-0.15, -0.1) is 0 Å². The molecule has 1 nitrogen and oxygen atoms in total. The van der Waals surface area contributed by atoms with Crippen molar-refractivity contribution in [3.05, 3.63) is 137 Å². The van der Waals surface area contributed by atoms with Crippen molar-refractivity contribution in [2.24, 2.45) is 0 Å². The molecule has 2 heteroatoms. The number of nitrogens with zero attached hydrogens (tertiary/aromatic N) is 1. The Hall–Kier alpha value is -4.30. The van der Waals surface area contributed by atoms with Crippen LogP contribution in [0.4, 0.5) is 17.1 Å². The van der Waals surface area contributed by atoms with Crippen molar-refractivity contribution in [1.29, 1.82) is 0 Å². The van der Waals surface area contributed by atoms with Crippen molar-refractivity contribution < 1.29 is 0 Å². The average Bonchev–Trinajstić information content (AvgIpc) is 3.28. The second kappa shape index (κ2) is 6.92. The van der Waals surface area contributed by atoms with Gasteiger partial charge in [-0.3, -0.25) is 0 Å². The van der Waals surface area contributed by atoms with E-state index in [1.807, 2.05) is 0 Å². The molecule has 0 saturated carbocycles. The topological polar surface area (TPSA) is 3.24 Å². The third kappa shape index (κ3) is 2.50. The number of hydrogen-bond acceptors (Lipinski definition) is 1. The van der Waals surface area contributed by atoms with Gasteiger partial charge in [-0.1, -0.05) is 96.0 Å². The number of benzene rings is 4. The molecular formula is C35H24BN. The number of allylic oxidation sites excluding steroid dienone is 7. The SMILES string of the molecule is Cc1ccc2c(c1)B1c3ccccc3-c3cccc(c31)N2c1cc2c3c(c1)CC=C1C=CC=C(C=C2)C13. The van der Waals surface area contributed by atoms with E-state index in [0.29, 0.717) is 5.92 Å². The molecule has 1 unspecified atom stereocenters. The molecule has 2 heterocycles. The van der Waals surface area contributed by atoms with E-state index in [9.17, 15) is 0 Å². The van der Waals surface area contributed by atoms with E-state index in [-0.39, 0.29) is 6.71 Å². The van der Waals surface area contributed by atoms with Crippen molar-refractivity contribution in [2.75, 3.05) is 4.90 Å². The van der Waals surface area contributed by atoms with Crippen LogP contribution >= 0.6 is 0 Å². The fourth-order valence-electron chi connectivity index (χ4n) is 7.52. The lowest BCUT2D eigenvalue weighted by Gasteiger charge is -2.38. The van der Waals surface area contributed by atoms with Crippen LogP contribution in [0.15, 0.2) is 114 Å². The molecule has 0 N–H and O–H groups in total. The van der Waals surface area contributed by atoms with Crippen LogP contribution in [0, 0.1) is 6.92 Å². The second-order valence-corrected chi connectivity index (χ2v) is 11.0. The van der Waals surface area contributed by atoms with E-state index < -0.39 is 0 Å². The van der Waals surface area contributed by atoms with Gasteiger partial charge >= 0.3 is 0 Å². The average molecular weight is 469 g/mol. The molecule has 0 aromatic heterocycles. The molecule has 3 aliphatic carbocycles. The lowest BCUT2D eigenvalue weighted by molar-refractivity contribution is 0.892. The van der Waals surface area contributed by atoms with E-state index >= 15 is 0 Å². The molecule has 5 aliphatic rings. The Labute approximate surface area is 217 Å². The lowest BCUT2D eigenvalue weighted by Crippen LogP contribution is -2.54. The van der Waals surface area contributed by atoms with Gasteiger partial charge in [-0.05, 0) is 87.5 Å². The highest BCUT2D eigenvalue weighted by Gasteiger charge is 2.42. The van der Waals surface area contributed by atoms with Crippen LogP contribution in [0.25, 0.3) is 17.2 Å². The summed E-state index contributed by atoms with van der Waals surface area (Å²) in [4.78, 5) is 2.53. The maximum atomic E-state index is 2.53. The first-order valence-corrected chi connectivity index (χ1v) is 13.3. The first-order valence-electron chi connectivity index (χ1n) is 13.3. The van der Waals surface area contributed by atoms with Crippen LogP contribution in [0.3, 0.4) is 0 Å². The Bertz CT molecular complexity index is 1830. The fraction of sp³-hybridized carbons (Fsp3) is 0.0857. The van der Waals surface area contributed by atoms with E-state index in [0.717, 1.165) is 6.42 Å². The van der Waals surface area contributed by atoms with Gasteiger partial charge in [-0.25, -0.2) is 0 Å². The van der Waals surface area contributed by atoms with Crippen LogP contribution < -0.4 is 21.3 Å². The highest BCUT2D eigenvalue weighted by molar-refractivity contribution is 7.01. The van der Waals surface area contributed by atoms with Crippen molar-refractivity contribution >= 4 is 46.2 Å². The minimum absolute atomic E-state index is 0.289. The quantitative estimate of drug-likeness (QED) is 0.253. The minimum atomic E-state index is 0.289.